The zero-order valence-electron chi connectivity index (χ0n) is 12.9. The molecule has 0 aliphatic carbocycles. The Balaban J connectivity index is 2.02. The number of nitrogens with one attached hydrogen (secondary N) is 1. The minimum atomic E-state index is 0.267. The van der Waals surface area contributed by atoms with Crippen LogP contribution in [0.2, 0.25) is 0 Å². The van der Waals surface area contributed by atoms with Crippen molar-refractivity contribution >= 4 is 0 Å². The Hall–Kier alpha value is -1.06. The normalized spacial score (nSPS) is 20.1. The van der Waals surface area contributed by atoms with Gasteiger partial charge in [-0.3, -0.25) is 0 Å². The molecular weight excluding hydrogens is 250 g/mol. The van der Waals surface area contributed by atoms with E-state index >= 15 is 0 Å². The predicted octanol–water partition coefficient (Wildman–Crippen LogP) is 3.61. The van der Waals surface area contributed by atoms with Gasteiger partial charge in [0, 0.05) is 18.2 Å². The van der Waals surface area contributed by atoms with Crippen molar-refractivity contribution in [3.63, 3.8) is 0 Å². The van der Waals surface area contributed by atoms with Crippen molar-refractivity contribution in [3.8, 4) is 5.75 Å². The first-order valence-electron chi connectivity index (χ1n) is 7.79. The molecule has 1 heterocycles. The molecule has 1 fully saturated rings. The van der Waals surface area contributed by atoms with Crippen molar-refractivity contribution in [2.24, 2.45) is 0 Å². The quantitative estimate of drug-likeness (QED) is 0.826. The summed E-state index contributed by atoms with van der Waals surface area (Å²) >= 11 is 0. The van der Waals surface area contributed by atoms with E-state index in [4.69, 9.17) is 9.47 Å². The zero-order valence-corrected chi connectivity index (χ0v) is 12.9. The van der Waals surface area contributed by atoms with E-state index in [9.17, 15) is 0 Å². The predicted molar refractivity (Wildman–Crippen MR) is 82.4 cm³/mol. The van der Waals surface area contributed by atoms with E-state index < -0.39 is 0 Å². The van der Waals surface area contributed by atoms with E-state index in [-0.39, 0.29) is 6.10 Å². The van der Waals surface area contributed by atoms with Gasteiger partial charge in [0.1, 0.15) is 12.4 Å². The van der Waals surface area contributed by atoms with E-state index in [1.165, 1.54) is 11.1 Å². The van der Waals surface area contributed by atoms with E-state index in [0.717, 1.165) is 38.2 Å². The molecule has 2 unspecified atom stereocenters. The minimum absolute atomic E-state index is 0.267. The first kappa shape index (κ1) is 15.3. The molecule has 1 aromatic rings. The minimum Gasteiger partial charge on any atom is -0.491 e. The van der Waals surface area contributed by atoms with Gasteiger partial charge < -0.3 is 14.8 Å². The molecule has 1 aliphatic heterocycles. The van der Waals surface area contributed by atoms with Crippen molar-refractivity contribution in [3.05, 3.63) is 29.3 Å². The molecule has 1 aliphatic rings. The van der Waals surface area contributed by atoms with Crippen molar-refractivity contribution < 1.29 is 9.47 Å². The molecule has 112 valence electrons. The highest BCUT2D eigenvalue weighted by atomic mass is 16.5. The Morgan fingerprint density at radius 2 is 2.30 bits per heavy atom. The van der Waals surface area contributed by atoms with Crippen LogP contribution in [0.5, 0.6) is 5.75 Å². The second kappa shape index (κ2) is 7.65. The Bertz CT molecular complexity index is 413. The van der Waals surface area contributed by atoms with Crippen LogP contribution in [0.1, 0.15) is 50.3 Å². The van der Waals surface area contributed by atoms with Gasteiger partial charge in [0.05, 0.1) is 6.10 Å². The fourth-order valence-electron chi connectivity index (χ4n) is 2.57. The molecule has 0 radical (unpaired) electrons. The molecule has 0 saturated carbocycles. The second-order valence-electron chi connectivity index (χ2n) is 5.66. The maximum absolute atomic E-state index is 6.01. The third kappa shape index (κ3) is 4.22. The third-order valence-corrected chi connectivity index (χ3v) is 3.78. The van der Waals surface area contributed by atoms with Crippen LogP contribution in [0.15, 0.2) is 18.2 Å². The number of benzene rings is 1. The molecule has 2 atom stereocenters. The van der Waals surface area contributed by atoms with Crippen LogP contribution in [0.3, 0.4) is 0 Å². The van der Waals surface area contributed by atoms with Crippen molar-refractivity contribution in [1.29, 1.82) is 0 Å². The average molecular weight is 277 g/mol. The van der Waals surface area contributed by atoms with Crippen molar-refractivity contribution in [2.45, 2.75) is 52.2 Å². The van der Waals surface area contributed by atoms with E-state index in [0.29, 0.717) is 12.6 Å². The topological polar surface area (TPSA) is 30.5 Å². The Morgan fingerprint density at radius 1 is 1.45 bits per heavy atom. The number of hydrogen-bond donors (Lipinski definition) is 1. The zero-order chi connectivity index (χ0) is 14.4. The monoisotopic (exact) mass is 277 g/mol. The van der Waals surface area contributed by atoms with Crippen LogP contribution in [0, 0.1) is 6.92 Å². The van der Waals surface area contributed by atoms with Crippen LogP contribution in [-0.4, -0.2) is 25.9 Å². The molecule has 0 aromatic heterocycles. The highest BCUT2D eigenvalue weighted by molar-refractivity contribution is 5.39. The lowest BCUT2D eigenvalue weighted by molar-refractivity contribution is 0.0674. The average Bonchev–Trinajstić information content (AvgIpc) is 2.96. The Kier molecular flexibility index (Phi) is 5.86. The number of rotatable bonds is 7. The standard InChI is InChI=1S/C17H27NO2/c1-4-9-18-14(3)16-11-13(2)7-8-17(16)20-12-15-6-5-10-19-15/h7-8,11,14-15,18H,4-6,9-10,12H2,1-3H3. The lowest BCUT2D eigenvalue weighted by atomic mass is 10.0. The summed E-state index contributed by atoms with van der Waals surface area (Å²) < 4.78 is 11.6. The molecule has 1 saturated heterocycles. The number of hydrogen-bond acceptors (Lipinski definition) is 3. The third-order valence-electron chi connectivity index (χ3n) is 3.78. The highest BCUT2D eigenvalue weighted by Gasteiger charge is 2.18. The number of ether oxygens (including phenoxy) is 2. The lowest BCUT2D eigenvalue weighted by Crippen LogP contribution is -2.21. The summed E-state index contributed by atoms with van der Waals surface area (Å²) in [6.07, 6.45) is 3.68. The summed E-state index contributed by atoms with van der Waals surface area (Å²) in [4.78, 5) is 0. The van der Waals surface area contributed by atoms with Gasteiger partial charge in [0.2, 0.25) is 0 Å². The first-order chi connectivity index (χ1) is 9.70. The van der Waals surface area contributed by atoms with Crippen LogP contribution in [-0.2, 0) is 4.74 Å². The highest BCUT2D eigenvalue weighted by Crippen LogP contribution is 2.27. The van der Waals surface area contributed by atoms with Gasteiger partial charge in [-0.05, 0) is 45.7 Å². The summed E-state index contributed by atoms with van der Waals surface area (Å²) in [6.45, 7) is 9.08. The summed E-state index contributed by atoms with van der Waals surface area (Å²) in [6, 6.07) is 6.73. The lowest BCUT2D eigenvalue weighted by Gasteiger charge is -2.20. The van der Waals surface area contributed by atoms with Gasteiger partial charge in [0.15, 0.2) is 0 Å². The SMILES string of the molecule is CCCNC(C)c1cc(C)ccc1OCC1CCCO1. The van der Waals surface area contributed by atoms with Gasteiger partial charge >= 0.3 is 0 Å². The fourth-order valence-corrected chi connectivity index (χ4v) is 2.57. The molecule has 1 N–H and O–H groups in total. The maximum Gasteiger partial charge on any atom is 0.124 e. The smallest absolute Gasteiger partial charge is 0.124 e. The van der Waals surface area contributed by atoms with Gasteiger partial charge in [-0.15, -0.1) is 0 Å². The van der Waals surface area contributed by atoms with E-state index in [2.05, 4.69) is 44.3 Å². The maximum atomic E-state index is 6.01. The van der Waals surface area contributed by atoms with Gasteiger partial charge in [-0.2, -0.15) is 0 Å². The molecule has 3 heteroatoms. The van der Waals surface area contributed by atoms with Gasteiger partial charge in [0.25, 0.3) is 0 Å². The molecule has 3 nitrogen and oxygen atoms in total. The Morgan fingerprint density at radius 3 is 3.00 bits per heavy atom. The second-order valence-corrected chi connectivity index (χ2v) is 5.66. The summed E-state index contributed by atoms with van der Waals surface area (Å²) in [7, 11) is 0. The first-order valence-corrected chi connectivity index (χ1v) is 7.79. The summed E-state index contributed by atoms with van der Waals surface area (Å²) in [5, 5.41) is 3.53. The van der Waals surface area contributed by atoms with Crippen LogP contribution in [0.4, 0.5) is 0 Å². The van der Waals surface area contributed by atoms with E-state index in [1.807, 2.05) is 0 Å². The largest absolute Gasteiger partial charge is 0.491 e. The van der Waals surface area contributed by atoms with Crippen LogP contribution < -0.4 is 10.1 Å². The molecule has 0 spiro atoms. The molecule has 0 amide bonds. The molecule has 1 aromatic carbocycles. The van der Waals surface area contributed by atoms with Crippen LogP contribution >= 0.6 is 0 Å². The van der Waals surface area contributed by atoms with Crippen LogP contribution in [0.25, 0.3) is 0 Å². The molecular formula is C17H27NO2. The van der Waals surface area contributed by atoms with Crippen molar-refractivity contribution in [2.75, 3.05) is 19.8 Å². The van der Waals surface area contributed by atoms with Gasteiger partial charge in [-0.1, -0.05) is 24.6 Å². The van der Waals surface area contributed by atoms with E-state index in [1.54, 1.807) is 0 Å². The number of aryl methyl sites for hydroxylation is 1. The Labute approximate surface area is 122 Å². The van der Waals surface area contributed by atoms with Crippen molar-refractivity contribution in [1.82, 2.24) is 5.32 Å². The fraction of sp³-hybridized carbons (Fsp3) is 0.647. The molecule has 2 rings (SSSR count). The van der Waals surface area contributed by atoms with Gasteiger partial charge in [-0.25, -0.2) is 0 Å². The molecule has 0 bridgehead atoms. The summed E-state index contributed by atoms with van der Waals surface area (Å²) in [5.41, 5.74) is 2.52. The molecule has 20 heavy (non-hydrogen) atoms. The summed E-state index contributed by atoms with van der Waals surface area (Å²) in [5.74, 6) is 0.988.